The summed E-state index contributed by atoms with van der Waals surface area (Å²) in [4.78, 5) is 32.5. The van der Waals surface area contributed by atoms with Gasteiger partial charge in [-0.25, -0.2) is 4.79 Å². The van der Waals surface area contributed by atoms with Gasteiger partial charge in [0.25, 0.3) is 0 Å². The number of hydrogen-bond donors (Lipinski definition) is 2. The van der Waals surface area contributed by atoms with Crippen molar-refractivity contribution in [3.63, 3.8) is 0 Å². The molecule has 3 aromatic heterocycles. The Bertz CT molecular complexity index is 1030. The number of carbonyl (C=O) groups excluding carboxylic acids is 1. The minimum Gasteiger partial charge on any atom is -0.463 e. The SMILES string of the molecule is CCOC(=O)C=Cc1ncc(Cl)cc1N.O=c1ccc2ncc(Cl)cc2[nH]1. The first kappa shape index (κ1) is 20.4. The molecule has 3 aromatic rings. The van der Waals surface area contributed by atoms with Crippen molar-refractivity contribution in [1.82, 2.24) is 15.0 Å². The fourth-order valence-corrected chi connectivity index (χ4v) is 2.28. The number of fused-ring (bicyclic) bond motifs is 1. The summed E-state index contributed by atoms with van der Waals surface area (Å²) in [6, 6.07) is 6.33. The quantitative estimate of drug-likeness (QED) is 0.508. The van der Waals surface area contributed by atoms with Gasteiger partial charge in [0.2, 0.25) is 5.56 Å². The van der Waals surface area contributed by atoms with Gasteiger partial charge in [0.1, 0.15) is 0 Å². The minimum absolute atomic E-state index is 0.147. The second-order valence-electron chi connectivity index (χ2n) is 5.12. The molecule has 0 aliphatic heterocycles. The van der Waals surface area contributed by atoms with Crippen LogP contribution in [0.4, 0.5) is 5.69 Å². The van der Waals surface area contributed by atoms with E-state index in [0.717, 1.165) is 5.52 Å². The highest BCUT2D eigenvalue weighted by Gasteiger charge is 1.99. The first-order valence-electron chi connectivity index (χ1n) is 7.79. The number of nitrogen functional groups attached to an aromatic ring is 1. The van der Waals surface area contributed by atoms with Crippen molar-refractivity contribution >= 4 is 52.0 Å². The Morgan fingerprint density at radius 3 is 2.63 bits per heavy atom. The number of aromatic nitrogens is 3. The maximum atomic E-state index is 11.0. The number of nitrogens with zero attached hydrogens (tertiary/aromatic N) is 2. The van der Waals surface area contributed by atoms with Gasteiger partial charge in [-0.1, -0.05) is 23.2 Å². The van der Waals surface area contributed by atoms with Gasteiger partial charge in [-0.05, 0) is 31.2 Å². The normalized spacial score (nSPS) is 10.5. The van der Waals surface area contributed by atoms with Crippen molar-refractivity contribution in [2.45, 2.75) is 6.92 Å². The first-order chi connectivity index (χ1) is 12.9. The van der Waals surface area contributed by atoms with E-state index in [9.17, 15) is 9.59 Å². The molecule has 140 valence electrons. The zero-order valence-corrected chi connectivity index (χ0v) is 15.8. The standard InChI is InChI=1S/C10H11ClN2O2.C8H5ClN2O/c1-2-15-10(14)4-3-9-8(12)5-7(11)6-13-9;9-5-3-7-6(10-4-5)1-2-8(12)11-7/h3-6H,2,12H2,1H3;1-4H,(H,11,12). The fraction of sp³-hybridized carbons (Fsp3) is 0.111. The molecular weight excluding hydrogens is 391 g/mol. The Morgan fingerprint density at radius 2 is 1.93 bits per heavy atom. The highest BCUT2D eigenvalue weighted by atomic mass is 35.5. The zero-order valence-electron chi connectivity index (χ0n) is 14.3. The fourth-order valence-electron chi connectivity index (χ4n) is 1.95. The monoisotopic (exact) mass is 406 g/mol. The molecule has 0 saturated heterocycles. The van der Waals surface area contributed by atoms with Crippen LogP contribution in [0.15, 0.2) is 47.5 Å². The van der Waals surface area contributed by atoms with E-state index < -0.39 is 5.97 Å². The number of anilines is 1. The van der Waals surface area contributed by atoms with Crippen LogP contribution in [0.1, 0.15) is 12.6 Å². The molecule has 0 radical (unpaired) electrons. The molecule has 0 bridgehead atoms. The summed E-state index contributed by atoms with van der Waals surface area (Å²) in [7, 11) is 0. The molecule has 0 unspecified atom stereocenters. The van der Waals surface area contributed by atoms with Crippen molar-refractivity contribution in [2.75, 3.05) is 12.3 Å². The van der Waals surface area contributed by atoms with E-state index in [1.807, 2.05) is 0 Å². The zero-order chi connectivity index (χ0) is 19.8. The van der Waals surface area contributed by atoms with Crippen molar-refractivity contribution in [3.8, 4) is 0 Å². The molecule has 0 spiro atoms. The number of hydrogen-bond acceptors (Lipinski definition) is 6. The Balaban J connectivity index is 0.000000198. The third kappa shape index (κ3) is 6.40. The Hall–Kier alpha value is -2.90. The van der Waals surface area contributed by atoms with E-state index in [4.69, 9.17) is 33.7 Å². The van der Waals surface area contributed by atoms with Crippen LogP contribution in [-0.4, -0.2) is 27.5 Å². The molecule has 3 rings (SSSR count). The number of ether oxygens (including phenoxy) is 1. The van der Waals surface area contributed by atoms with Crippen LogP contribution < -0.4 is 11.3 Å². The molecule has 9 heteroatoms. The van der Waals surface area contributed by atoms with Gasteiger partial charge in [0.05, 0.1) is 39.1 Å². The second-order valence-corrected chi connectivity index (χ2v) is 6.00. The predicted octanol–water partition coefficient (Wildman–Crippen LogP) is 3.47. The molecule has 27 heavy (non-hydrogen) atoms. The summed E-state index contributed by atoms with van der Waals surface area (Å²) >= 11 is 11.4. The second kappa shape index (κ2) is 9.70. The molecule has 3 heterocycles. The predicted molar refractivity (Wildman–Crippen MR) is 107 cm³/mol. The van der Waals surface area contributed by atoms with Crippen LogP contribution in [-0.2, 0) is 9.53 Å². The van der Waals surface area contributed by atoms with Crippen molar-refractivity contribution in [2.24, 2.45) is 0 Å². The van der Waals surface area contributed by atoms with Gasteiger partial charge in [0.15, 0.2) is 0 Å². The number of esters is 1. The highest BCUT2D eigenvalue weighted by Crippen LogP contribution is 2.16. The molecule has 0 atom stereocenters. The lowest BCUT2D eigenvalue weighted by Crippen LogP contribution is -2.02. The van der Waals surface area contributed by atoms with Gasteiger partial charge in [-0.3, -0.25) is 14.8 Å². The van der Waals surface area contributed by atoms with Gasteiger partial charge in [-0.2, -0.15) is 0 Å². The third-order valence-electron chi connectivity index (χ3n) is 3.12. The van der Waals surface area contributed by atoms with Crippen LogP contribution in [0, 0.1) is 0 Å². The third-order valence-corrected chi connectivity index (χ3v) is 3.53. The van der Waals surface area contributed by atoms with Crippen molar-refractivity contribution in [3.05, 3.63) is 68.8 Å². The van der Waals surface area contributed by atoms with E-state index in [1.54, 1.807) is 31.3 Å². The minimum atomic E-state index is -0.423. The lowest BCUT2D eigenvalue weighted by Gasteiger charge is -1.99. The van der Waals surface area contributed by atoms with Crippen LogP contribution in [0.5, 0.6) is 0 Å². The average molecular weight is 407 g/mol. The van der Waals surface area contributed by atoms with Gasteiger partial charge in [-0.15, -0.1) is 0 Å². The summed E-state index contributed by atoms with van der Waals surface area (Å²) in [5.74, 6) is -0.423. The maximum absolute atomic E-state index is 11.0. The molecule has 7 nitrogen and oxygen atoms in total. The number of carbonyl (C=O) groups is 1. The number of pyridine rings is 3. The molecule has 0 aliphatic carbocycles. The highest BCUT2D eigenvalue weighted by molar-refractivity contribution is 6.31. The van der Waals surface area contributed by atoms with Crippen LogP contribution >= 0.6 is 23.2 Å². The number of nitrogens with one attached hydrogen (secondary N) is 1. The summed E-state index contributed by atoms with van der Waals surface area (Å²) in [5.41, 5.74) is 7.79. The number of halogens is 2. The van der Waals surface area contributed by atoms with Gasteiger partial charge < -0.3 is 15.5 Å². The molecule has 0 amide bonds. The average Bonchev–Trinajstić information content (AvgIpc) is 2.61. The molecule has 0 fully saturated rings. The summed E-state index contributed by atoms with van der Waals surface area (Å²) in [6.45, 7) is 2.08. The number of nitrogens with two attached hydrogens (primary N) is 1. The summed E-state index contributed by atoms with van der Waals surface area (Å²) in [6.07, 6.45) is 5.77. The number of H-pyrrole nitrogens is 1. The summed E-state index contributed by atoms with van der Waals surface area (Å²) < 4.78 is 4.71. The van der Waals surface area contributed by atoms with E-state index in [-0.39, 0.29) is 5.56 Å². The molecule has 3 N–H and O–H groups in total. The van der Waals surface area contributed by atoms with E-state index in [0.29, 0.717) is 33.6 Å². The Labute approximate surface area is 164 Å². The van der Waals surface area contributed by atoms with E-state index in [2.05, 4.69) is 15.0 Å². The Kier molecular flexibility index (Phi) is 7.34. The number of rotatable bonds is 3. The largest absolute Gasteiger partial charge is 0.463 e. The van der Waals surface area contributed by atoms with E-state index >= 15 is 0 Å². The van der Waals surface area contributed by atoms with Gasteiger partial charge >= 0.3 is 5.97 Å². The first-order valence-corrected chi connectivity index (χ1v) is 8.55. The lowest BCUT2D eigenvalue weighted by atomic mass is 10.3. The van der Waals surface area contributed by atoms with Crippen LogP contribution in [0.2, 0.25) is 10.0 Å². The smallest absolute Gasteiger partial charge is 0.330 e. The molecule has 0 aromatic carbocycles. The van der Waals surface area contributed by atoms with E-state index in [1.165, 1.54) is 24.4 Å². The van der Waals surface area contributed by atoms with Crippen LogP contribution in [0.25, 0.3) is 17.1 Å². The molecule has 0 saturated carbocycles. The molecular formula is C18H16Cl2N4O3. The van der Waals surface area contributed by atoms with Crippen molar-refractivity contribution < 1.29 is 9.53 Å². The number of aromatic amines is 1. The lowest BCUT2D eigenvalue weighted by molar-refractivity contribution is -0.137. The van der Waals surface area contributed by atoms with Crippen molar-refractivity contribution in [1.29, 1.82) is 0 Å². The van der Waals surface area contributed by atoms with Gasteiger partial charge in [0, 0.05) is 24.5 Å². The topological polar surface area (TPSA) is 111 Å². The summed E-state index contributed by atoms with van der Waals surface area (Å²) in [5, 5.41) is 0.977. The van der Waals surface area contributed by atoms with Crippen LogP contribution in [0.3, 0.4) is 0 Å². The Morgan fingerprint density at radius 1 is 1.22 bits per heavy atom. The maximum Gasteiger partial charge on any atom is 0.330 e. The molecule has 0 aliphatic rings.